The van der Waals surface area contributed by atoms with Crippen LogP contribution in [0.5, 0.6) is 0 Å². The van der Waals surface area contributed by atoms with Crippen LogP contribution >= 0.6 is 39.9 Å². The number of hydrogen-bond acceptors (Lipinski definition) is 3. The van der Waals surface area contributed by atoms with Crippen molar-refractivity contribution in [2.24, 2.45) is 0 Å². The fourth-order valence-electron chi connectivity index (χ4n) is 1.38. The molecule has 2 aromatic rings. The lowest BCUT2D eigenvalue weighted by atomic mass is 10.1. The first kappa shape index (κ1) is 17.5. The third kappa shape index (κ3) is 6.25. The van der Waals surface area contributed by atoms with Gasteiger partial charge in [-0.2, -0.15) is 12.6 Å². The minimum Gasteiger partial charge on any atom is -0.305 e. The zero-order chi connectivity index (χ0) is 15.3. The van der Waals surface area contributed by atoms with Gasteiger partial charge in [0.15, 0.2) is 0 Å². The number of halogens is 1. The predicted molar refractivity (Wildman–Crippen MR) is 98.7 cm³/mol. The highest BCUT2D eigenvalue weighted by molar-refractivity contribution is 9.10. The lowest BCUT2D eigenvalue weighted by molar-refractivity contribution is 0.812. The second-order valence-corrected chi connectivity index (χ2v) is 8.61. The van der Waals surface area contributed by atoms with Gasteiger partial charge in [0, 0.05) is 25.4 Å². The second kappa shape index (κ2) is 7.43. The van der Waals surface area contributed by atoms with Gasteiger partial charge in [0.05, 0.1) is 0 Å². The van der Waals surface area contributed by atoms with Gasteiger partial charge in [0.25, 0.3) is 0 Å². The topological polar surface area (TPSA) is 23.9 Å². The number of thiol groups is 1. The molecular weight excluding hydrogens is 350 g/mol. The average molecular weight is 370 g/mol. The highest BCUT2D eigenvalue weighted by atomic mass is 79.9. The van der Waals surface area contributed by atoms with Crippen LogP contribution in [0.3, 0.4) is 0 Å². The zero-order valence-electron chi connectivity index (χ0n) is 12.2. The fourth-order valence-corrected chi connectivity index (χ4v) is 2.73. The maximum absolute atomic E-state index is 7.62. The molecular formula is C16H20BrNS2. The van der Waals surface area contributed by atoms with E-state index in [0.29, 0.717) is 5.71 Å². The number of thiophene rings is 1. The van der Waals surface area contributed by atoms with Gasteiger partial charge in [-0.3, -0.25) is 0 Å². The van der Waals surface area contributed by atoms with Crippen LogP contribution in [0.2, 0.25) is 0 Å². The highest BCUT2D eigenvalue weighted by Gasteiger charge is 2.06. The lowest BCUT2D eigenvalue weighted by Gasteiger charge is -2.05. The van der Waals surface area contributed by atoms with E-state index in [0.717, 1.165) is 15.6 Å². The van der Waals surface area contributed by atoms with Gasteiger partial charge in [-0.25, -0.2) is 0 Å². The van der Waals surface area contributed by atoms with E-state index in [1.165, 1.54) is 4.88 Å². The van der Waals surface area contributed by atoms with Crippen LogP contribution in [-0.2, 0) is 0 Å². The van der Waals surface area contributed by atoms with Crippen molar-refractivity contribution in [3.05, 3.63) is 45.7 Å². The molecule has 1 aromatic heterocycles. The molecule has 0 saturated heterocycles. The minimum atomic E-state index is 0.194. The van der Waals surface area contributed by atoms with Crippen molar-refractivity contribution in [2.75, 3.05) is 0 Å². The van der Waals surface area contributed by atoms with Gasteiger partial charge >= 0.3 is 0 Å². The van der Waals surface area contributed by atoms with Crippen molar-refractivity contribution < 1.29 is 0 Å². The monoisotopic (exact) mass is 369 g/mol. The Balaban J connectivity index is 0.000000347. The molecule has 0 amide bonds. The van der Waals surface area contributed by atoms with Crippen LogP contribution < -0.4 is 0 Å². The van der Waals surface area contributed by atoms with Gasteiger partial charge in [-0.15, -0.1) is 11.3 Å². The van der Waals surface area contributed by atoms with Crippen LogP contribution in [0.1, 0.15) is 33.3 Å². The van der Waals surface area contributed by atoms with Crippen LogP contribution in [0.4, 0.5) is 0 Å². The van der Waals surface area contributed by atoms with Gasteiger partial charge in [-0.1, -0.05) is 48.8 Å². The molecule has 0 fully saturated rings. The molecule has 0 atom stereocenters. The summed E-state index contributed by atoms with van der Waals surface area (Å²) in [5.74, 6) is 0. The maximum Gasteiger partial charge on any atom is 0.0355 e. The Kier molecular flexibility index (Phi) is 6.49. The van der Waals surface area contributed by atoms with Crippen LogP contribution in [-0.4, -0.2) is 10.5 Å². The normalized spacial score (nSPS) is 10.7. The number of hydrogen-bond donors (Lipinski definition) is 2. The molecule has 0 aliphatic carbocycles. The smallest absolute Gasteiger partial charge is 0.0355 e. The van der Waals surface area contributed by atoms with Crippen molar-refractivity contribution in [1.82, 2.24) is 0 Å². The van der Waals surface area contributed by atoms with Crippen LogP contribution in [0.25, 0.3) is 10.4 Å². The van der Waals surface area contributed by atoms with E-state index in [9.17, 15) is 0 Å². The lowest BCUT2D eigenvalue weighted by Crippen LogP contribution is -1.99. The Morgan fingerprint density at radius 2 is 1.85 bits per heavy atom. The van der Waals surface area contributed by atoms with Gasteiger partial charge < -0.3 is 5.41 Å². The molecule has 1 nitrogen and oxygen atoms in total. The zero-order valence-corrected chi connectivity index (χ0v) is 15.5. The molecule has 0 bridgehead atoms. The largest absolute Gasteiger partial charge is 0.305 e. The average Bonchev–Trinajstić information content (AvgIpc) is 2.80. The van der Waals surface area contributed by atoms with E-state index in [2.05, 4.69) is 66.8 Å². The van der Waals surface area contributed by atoms with E-state index in [1.54, 1.807) is 18.3 Å². The summed E-state index contributed by atoms with van der Waals surface area (Å²) in [5.41, 5.74) is 2.73. The van der Waals surface area contributed by atoms with Crippen molar-refractivity contribution in [3.63, 3.8) is 0 Å². The molecule has 0 unspecified atom stereocenters. The molecule has 0 radical (unpaired) electrons. The Bertz CT molecular complexity index is 563. The van der Waals surface area contributed by atoms with E-state index < -0.39 is 0 Å². The summed E-state index contributed by atoms with van der Waals surface area (Å²) in [5, 5.41) is 9.68. The van der Waals surface area contributed by atoms with Gasteiger partial charge in [0.1, 0.15) is 0 Å². The van der Waals surface area contributed by atoms with Crippen molar-refractivity contribution in [3.8, 4) is 10.4 Å². The molecule has 2 rings (SSSR count). The third-order valence-electron chi connectivity index (χ3n) is 2.19. The van der Waals surface area contributed by atoms with Crippen LogP contribution in [0.15, 0.2) is 40.2 Å². The molecule has 1 N–H and O–H groups in total. The minimum absolute atomic E-state index is 0.194. The second-order valence-electron chi connectivity index (χ2n) is 5.47. The molecule has 108 valence electrons. The molecule has 0 aliphatic heterocycles. The summed E-state index contributed by atoms with van der Waals surface area (Å²) in [6.45, 7) is 7.96. The van der Waals surface area contributed by atoms with E-state index >= 15 is 0 Å². The summed E-state index contributed by atoms with van der Waals surface area (Å²) in [6, 6.07) is 10.1. The summed E-state index contributed by atoms with van der Waals surface area (Å²) in [4.78, 5) is 1.23. The number of nitrogens with one attached hydrogen (secondary N) is 1. The summed E-state index contributed by atoms with van der Waals surface area (Å²) in [6.07, 6.45) is 0. The molecule has 1 heterocycles. The fraction of sp³-hybridized carbons (Fsp3) is 0.312. The molecule has 4 heteroatoms. The number of benzene rings is 1. The molecule has 0 saturated carbocycles. The number of rotatable bonds is 2. The molecule has 0 aliphatic rings. The predicted octanol–water partition coefficient (Wildman–Crippen LogP) is 6.28. The Morgan fingerprint density at radius 1 is 1.25 bits per heavy atom. The first-order chi connectivity index (χ1) is 9.18. The van der Waals surface area contributed by atoms with Crippen molar-refractivity contribution >= 4 is 45.6 Å². The molecule has 0 spiro atoms. The first-order valence-electron chi connectivity index (χ1n) is 6.30. The van der Waals surface area contributed by atoms with E-state index in [4.69, 9.17) is 5.41 Å². The van der Waals surface area contributed by atoms with Crippen molar-refractivity contribution in [2.45, 2.75) is 32.4 Å². The summed E-state index contributed by atoms with van der Waals surface area (Å²) >= 11 is 9.37. The SMILES string of the molecule is CC(=N)c1ccc(Br)c(-c2cccs2)c1.CC(C)(C)S. The van der Waals surface area contributed by atoms with E-state index in [1.807, 2.05) is 18.2 Å². The maximum atomic E-state index is 7.62. The Morgan fingerprint density at radius 3 is 2.30 bits per heavy atom. The summed E-state index contributed by atoms with van der Waals surface area (Å²) in [7, 11) is 0. The van der Waals surface area contributed by atoms with Crippen molar-refractivity contribution in [1.29, 1.82) is 5.41 Å². The quantitative estimate of drug-likeness (QED) is 0.459. The van der Waals surface area contributed by atoms with E-state index in [-0.39, 0.29) is 4.75 Å². The van der Waals surface area contributed by atoms with Crippen LogP contribution in [0, 0.1) is 5.41 Å². The molecule has 1 aromatic carbocycles. The summed E-state index contributed by atoms with van der Waals surface area (Å²) < 4.78 is 1.27. The van der Waals surface area contributed by atoms with Gasteiger partial charge in [-0.05, 0) is 36.1 Å². The standard InChI is InChI=1S/C12H10BrNS.C4H10S/c1-8(14)9-4-5-11(13)10(7-9)12-3-2-6-15-12;1-4(2,3)5/h2-7,14H,1H3;5H,1-3H3. The Labute approximate surface area is 139 Å². The third-order valence-corrected chi connectivity index (χ3v) is 3.78. The first-order valence-corrected chi connectivity index (χ1v) is 8.42. The molecule has 20 heavy (non-hydrogen) atoms. The Hall–Kier alpha value is -0.580. The highest BCUT2D eigenvalue weighted by Crippen LogP contribution is 2.32. The van der Waals surface area contributed by atoms with Gasteiger partial charge in [0.2, 0.25) is 0 Å².